The summed E-state index contributed by atoms with van der Waals surface area (Å²) >= 11 is 0. The summed E-state index contributed by atoms with van der Waals surface area (Å²) < 4.78 is 5.05. The van der Waals surface area contributed by atoms with E-state index < -0.39 is 0 Å². The molecule has 0 saturated carbocycles. The van der Waals surface area contributed by atoms with Crippen LogP contribution in [0.4, 0.5) is 0 Å². The number of unbranched alkanes of at least 4 members (excludes halogenated alkanes) is 1. The minimum atomic E-state index is -0.00477. The van der Waals surface area contributed by atoms with Crippen molar-refractivity contribution in [3.8, 4) is 0 Å². The van der Waals surface area contributed by atoms with Crippen LogP contribution in [0.2, 0.25) is 0 Å². The van der Waals surface area contributed by atoms with Gasteiger partial charge in [0, 0.05) is 13.0 Å². The molecule has 1 aromatic heterocycles. The highest BCUT2D eigenvalue weighted by Crippen LogP contribution is 1.99. The largest absolute Gasteiger partial charge is 0.467 e. The first-order chi connectivity index (χ1) is 6.83. The van der Waals surface area contributed by atoms with Gasteiger partial charge in [0.1, 0.15) is 5.76 Å². The van der Waals surface area contributed by atoms with E-state index >= 15 is 0 Å². The minimum Gasteiger partial charge on any atom is -0.467 e. The fourth-order valence-corrected chi connectivity index (χ4v) is 1.08. The van der Waals surface area contributed by atoms with Crippen LogP contribution in [0.1, 0.15) is 25.0 Å². The molecule has 1 aromatic rings. The number of aliphatic hydroxyl groups is 1. The average Bonchev–Trinajstić information content (AvgIpc) is 2.68. The molecule has 0 aliphatic carbocycles. The SMILES string of the molecule is O=C(CCCCO)NCc1ccco1. The molecule has 0 aromatic carbocycles. The molecule has 1 rings (SSSR count). The number of aliphatic hydroxyl groups excluding tert-OH is 1. The van der Waals surface area contributed by atoms with Crippen LogP contribution in [-0.4, -0.2) is 17.6 Å². The molecule has 2 N–H and O–H groups in total. The lowest BCUT2D eigenvalue weighted by Gasteiger charge is -2.01. The second kappa shape index (κ2) is 6.21. The fraction of sp³-hybridized carbons (Fsp3) is 0.500. The van der Waals surface area contributed by atoms with Crippen LogP contribution in [0, 0.1) is 0 Å². The number of furan rings is 1. The lowest BCUT2D eigenvalue weighted by molar-refractivity contribution is -0.121. The smallest absolute Gasteiger partial charge is 0.220 e. The van der Waals surface area contributed by atoms with Crippen molar-refractivity contribution in [2.24, 2.45) is 0 Å². The van der Waals surface area contributed by atoms with Crippen LogP contribution in [0.3, 0.4) is 0 Å². The van der Waals surface area contributed by atoms with Crippen LogP contribution in [-0.2, 0) is 11.3 Å². The van der Waals surface area contributed by atoms with E-state index in [2.05, 4.69) is 5.32 Å². The zero-order chi connectivity index (χ0) is 10.2. The summed E-state index contributed by atoms with van der Waals surface area (Å²) in [7, 11) is 0. The number of carbonyl (C=O) groups excluding carboxylic acids is 1. The predicted octanol–water partition coefficient (Wildman–Crippen LogP) is 1.06. The third kappa shape index (κ3) is 4.09. The maximum Gasteiger partial charge on any atom is 0.220 e. The van der Waals surface area contributed by atoms with E-state index in [1.165, 1.54) is 0 Å². The van der Waals surface area contributed by atoms with Gasteiger partial charge in [-0.1, -0.05) is 0 Å². The Balaban J connectivity index is 2.09. The van der Waals surface area contributed by atoms with Gasteiger partial charge in [0.15, 0.2) is 0 Å². The number of hydrogen-bond donors (Lipinski definition) is 2. The Kier molecular flexibility index (Phi) is 4.78. The highest BCUT2D eigenvalue weighted by molar-refractivity contribution is 5.75. The Morgan fingerprint density at radius 1 is 1.50 bits per heavy atom. The predicted molar refractivity (Wildman–Crippen MR) is 51.5 cm³/mol. The number of carbonyl (C=O) groups is 1. The monoisotopic (exact) mass is 197 g/mol. The molecule has 0 spiro atoms. The highest BCUT2D eigenvalue weighted by Gasteiger charge is 2.01. The molecular formula is C10H15NO3. The van der Waals surface area contributed by atoms with Gasteiger partial charge in [0.25, 0.3) is 0 Å². The van der Waals surface area contributed by atoms with Crippen molar-refractivity contribution < 1.29 is 14.3 Å². The lowest BCUT2D eigenvalue weighted by Crippen LogP contribution is -2.22. The summed E-state index contributed by atoms with van der Waals surface area (Å²) in [6.45, 7) is 0.580. The third-order valence-electron chi connectivity index (χ3n) is 1.85. The van der Waals surface area contributed by atoms with Gasteiger partial charge in [-0.2, -0.15) is 0 Å². The van der Waals surface area contributed by atoms with E-state index in [1.54, 1.807) is 12.3 Å². The Morgan fingerprint density at radius 3 is 3.00 bits per heavy atom. The standard InChI is InChI=1S/C10H15NO3/c12-6-2-1-5-10(13)11-8-9-4-3-7-14-9/h3-4,7,12H,1-2,5-6,8H2,(H,11,13). The van der Waals surface area contributed by atoms with Crippen LogP contribution in [0.5, 0.6) is 0 Å². The zero-order valence-electron chi connectivity index (χ0n) is 8.03. The molecule has 1 heterocycles. The molecule has 4 heteroatoms. The Hall–Kier alpha value is -1.29. The van der Waals surface area contributed by atoms with E-state index in [9.17, 15) is 4.79 Å². The molecule has 0 unspecified atom stereocenters. The summed E-state index contributed by atoms with van der Waals surface area (Å²) in [5, 5.41) is 11.2. The third-order valence-corrected chi connectivity index (χ3v) is 1.85. The summed E-state index contributed by atoms with van der Waals surface area (Å²) in [6.07, 6.45) is 3.43. The zero-order valence-corrected chi connectivity index (χ0v) is 8.03. The van der Waals surface area contributed by atoms with Crippen molar-refractivity contribution in [1.29, 1.82) is 0 Å². The van der Waals surface area contributed by atoms with Crippen molar-refractivity contribution in [1.82, 2.24) is 5.32 Å². The van der Waals surface area contributed by atoms with Gasteiger partial charge in [-0.25, -0.2) is 0 Å². The van der Waals surface area contributed by atoms with Crippen LogP contribution in [0.25, 0.3) is 0 Å². The summed E-state index contributed by atoms with van der Waals surface area (Å²) in [5.41, 5.74) is 0. The van der Waals surface area contributed by atoms with Gasteiger partial charge in [-0.3, -0.25) is 4.79 Å². The molecule has 14 heavy (non-hydrogen) atoms. The molecular weight excluding hydrogens is 182 g/mol. The first kappa shape index (κ1) is 10.8. The van der Waals surface area contributed by atoms with Crippen LogP contribution >= 0.6 is 0 Å². The fourth-order valence-electron chi connectivity index (χ4n) is 1.08. The number of amides is 1. The molecule has 0 radical (unpaired) electrons. The second-order valence-corrected chi connectivity index (χ2v) is 3.04. The minimum absolute atomic E-state index is 0.00477. The van der Waals surface area contributed by atoms with E-state index in [-0.39, 0.29) is 12.5 Å². The molecule has 0 fully saturated rings. The van der Waals surface area contributed by atoms with E-state index in [4.69, 9.17) is 9.52 Å². The van der Waals surface area contributed by atoms with Gasteiger partial charge in [0.2, 0.25) is 5.91 Å². The summed E-state index contributed by atoms with van der Waals surface area (Å²) in [5.74, 6) is 0.746. The van der Waals surface area contributed by atoms with Gasteiger partial charge >= 0.3 is 0 Å². The molecule has 0 aliphatic rings. The lowest BCUT2D eigenvalue weighted by atomic mass is 10.2. The maximum absolute atomic E-state index is 11.2. The van der Waals surface area contributed by atoms with Gasteiger partial charge in [-0.15, -0.1) is 0 Å². The number of rotatable bonds is 6. The molecule has 0 bridgehead atoms. The van der Waals surface area contributed by atoms with Crippen LogP contribution < -0.4 is 5.32 Å². The molecule has 0 saturated heterocycles. The van der Waals surface area contributed by atoms with Gasteiger partial charge in [-0.05, 0) is 25.0 Å². The van der Waals surface area contributed by atoms with Crippen molar-refractivity contribution in [3.05, 3.63) is 24.2 Å². The first-order valence-corrected chi connectivity index (χ1v) is 4.73. The van der Waals surface area contributed by atoms with Gasteiger partial charge < -0.3 is 14.8 Å². The summed E-state index contributed by atoms with van der Waals surface area (Å²) in [6, 6.07) is 3.60. The average molecular weight is 197 g/mol. The van der Waals surface area contributed by atoms with Crippen molar-refractivity contribution in [3.63, 3.8) is 0 Å². The molecule has 4 nitrogen and oxygen atoms in total. The van der Waals surface area contributed by atoms with E-state index in [0.29, 0.717) is 19.4 Å². The maximum atomic E-state index is 11.2. The van der Waals surface area contributed by atoms with Crippen LogP contribution in [0.15, 0.2) is 22.8 Å². The van der Waals surface area contributed by atoms with Gasteiger partial charge in [0.05, 0.1) is 12.8 Å². The first-order valence-electron chi connectivity index (χ1n) is 4.73. The quantitative estimate of drug-likeness (QED) is 0.670. The Labute approximate surface area is 82.9 Å². The molecule has 0 aliphatic heterocycles. The van der Waals surface area contributed by atoms with E-state index in [0.717, 1.165) is 12.2 Å². The normalized spacial score (nSPS) is 10.1. The Morgan fingerprint density at radius 2 is 2.36 bits per heavy atom. The van der Waals surface area contributed by atoms with Crippen molar-refractivity contribution in [2.45, 2.75) is 25.8 Å². The summed E-state index contributed by atoms with van der Waals surface area (Å²) in [4.78, 5) is 11.2. The van der Waals surface area contributed by atoms with Crippen molar-refractivity contribution >= 4 is 5.91 Å². The Bertz CT molecular complexity index is 256. The second-order valence-electron chi connectivity index (χ2n) is 3.04. The number of nitrogens with one attached hydrogen (secondary N) is 1. The topological polar surface area (TPSA) is 62.5 Å². The van der Waals surface area contributed by atoms with Crippen molar-refractivity contribution in [2.75, 3.05) is 6.61 Å². The molecule has 0 atom stereocenters. The molecule has 78 valence electrons. The van der Waals surface area contributed by atoms with E-state index in [1.807, 2.05) is 6.07 Å². The highest BCUT2D eigenvalue weighted by atomic mass is 16.3. The number of hydrogen-bond acceptors (Lipinski definition) is 3. The molecule has 1 amide bonds.